The van der Waals surface area contributed by atoms with E-state index in [-0.39, 0.29) is 5.92 Å². The first kappa shape index (κ1) is 14.8. The molecule has 2 heteroatoms. The second-order valence-electron chi connectivity index (χ2n) is 5.83. The van der Waals surface area contributed by atoms with Crippen molar-refractivity contribution < 1.29 is 4.42 Å². The van der Waals surface area contributed by atoms with E-state index in [1.54, 1.807) is 0 Å². The third-order valence-electron chi connectivity index (χ3n) is 4.16. The van der Waals surface area contributed by atoms with E-state index in [0.717, 1.165) is 23.4 Å². The standard InChI is InChI=1S/C20H23NO/c1-2-3-4-8-13-17(16-11-6-5-7-12-16)20-21-18-14-9-10-15-19(18)22-20/h5-7,9-12,14-15,17H,2-4,8,13H2,1H3/t17-/m1/s1. The molecule has 1 aromatic heterocycles. The lowest BCUT2D eigenvalue weighted by Gasteiger charge is -2.13. The van der Waals surface area contributed by atoms with Gasteiger partial charge in [-0.05, 0) is 24.1 Å². The van der Waals surface area contributed by atoms with Gasteiger partial charge in [0.25, 0.3) is 0 Å². The summed E-state index contributed by atoms with van der Waals surface area (Å²) in [6.07, 6.45) is 6.15. The monoisotopic (exact) mass is 293 g/mol. The minimum Gasteiger partial charge on any atom is -0.440 e. The van der Waals surface area contributed by atoms with Crippen LogP contribution in [0, 0.1) is 0 Å². The number of hydrogen-bond acceptors (Lipinski definition) is 2. The SMILES string of the molecule is CCCCCC[C@H](c1ccccc1)c1nc2ccccc2o1. The van der Waals surface area contributed by atoms with Crippen molar-refractivity contribution in [3.05, 3.63) is 66.1 Å². The molecule has 0 aliphatic carbocycles. The molecule has 0 amide bonds. The van der Waals surface area contributed by atoms with Crippen LogP contribution in [0.25, 0.3) is 11.1 Å². The zero-order chi connectivity index (χ0) is 15.2. The van der Waals surface area contributed by atoms with Crippen LogP contribution in [0.15, 0.2) is 59.0 Å². The molecule has 3 rings (SSSR count). The molecule has 1 heterocycles. The molecule has 0 saturated heterocycles. The molecule has 0 spiro atoms. The van der Waals surface area contributed by atoms with Gasteiger partial charge in [0.15, 0.2) is 5.58 Å². The van der Waals surface area contributed by atoms with Crippen molar-refractivity contribution in [2.75, 3.05) is 0 Å². The Morgan fingerprint density at radius 1 is 0.909 bits per heavy atom. The fourth-order valence-corrected chi connectivity index (χ4v) is 2.93. The van der Waals surface area contributed by atoms with Gasteiger partial charge in [0.05, 0.1) is 5.92 Å². The van der Waals surface area contributed by atoms with Crippen LogP contribution in [0.5, 0.6) is 0 Å². The Kier molecular flexibility index (Phi) is 4.89. The van der Waals surface area contributed by atoms with Crippen LogP contribution < -0.4 is 0 Å². The van der Waals surface area contributed by atoms with E-state index in [1.807, 2.05) is 24.3 Å². The number of unbranched alkanes of at least 4 members (excludes halogenated alkanes) is 3. The molecular weight excluding hydrogens is 270 g/mol. The second kappa shape index (κ2) is 7.26. The molecule has 0 saturated carbocycles. The predicted molar refractivity (Wildman–Crippen MR) is 91.1 cm³/mol. The molecule has 0 bridgehead atoms. The number of fused-ring (bicyclic) bond motifs is 1. The summed E-state index contributed by atoms with van der Waals surface area (Å²) >= 11 is 0. The van der Waals surface area contributed by atoms with E-state index in [4.69, 9.17) is 9.40 Å². The smallest absolute Gasteiger partial charge is 0.203 e. The average Bonchev–Trinajstić information content (AvgIpc) is 2.99. The molecule has 2 nitrogen and oxygen atoms in total. The first-order valence-electron chi connectivity index (χ1n) is 8.29. The molecular formula is C20H23NO. The van der Waals surface area contributed by atoms with E-state index in [9.17, 15) is 0 Å². The minimum absolute atomic E-state index is 0.255. The number of benzene rings is 2. The first-order valence-corrected chi connectivity index (χ1v) is 8.29. The van der Waals surface area contributed by atoms with Gasteiger partial charge in [0.1, 0.15) is 5.52 Å². The van der Waals surface area contributed by atoms with Crippen molar-refractivity contribution in [1.29, 1.82) is 0 Å². The zero-order valence-corrected chi connectivity index (χ0v) is 13.2. The molecule has 0 aliphatic rings. The second-order valence-corrected chi connectivity index (χ2v) is 5.83. The van der Waals surface area contributed by atoms with Gasteiger partial charge in [-0.3, -0.25) is 0 Å². The number of oxazole rings is 1. The first-order chi connectivity index (χ1) is 10.9. The summed E-state index contributed by atoms with van der Waals surface area (Å²) in [5, 5.41) is 0. The molecule has 0 N–H and O–H groups in total. The maximum absolute atomic E-state index is 6.03. The van der Waals surface area contributed by atoms with Gasteiger partial charge in [-0.1, -0.05) is 75.1 Å². The van der Waals surface area contributed by atoms with Crippen molar-refractivity contribution in [2.24, 2.45) is 0 Å². The van der Waals surface area contributed by atoms with Gasteiger partial charge in [-0.15, -0.1) is 0 Å². The van der Waals surface area contributed by atoms with Gasteiger partial charge < -0.3 is 4.42 Å². The Hall–Kier alpha value is -2.09. The highest BCUT2D eigenvalue weighted by molar-refractivity contribution is 5.72. The van der Waals surface area contributed by atoms with Crippen LogP contribution in [0.1, 0.15) is 56.4 Å². The molecule has 0 fully saturated rings. The van der Waals surface area contributed by atoms with E-state index in [1.165, 1.54) is 31.2 Å². The van der Waals surface area contributed by atoms with Crippen molar-refractivity contribution in [2.45, 2.75) is 44.9 Å². The lowest BCUT2D eigenvalue weighted by atomic mass is 9.93. The molecule has 0 aliphatic heterocycles. The third kappa shape index (κ3) is 3.38. The lowest BCUT2D eigenvalue weighted by Crippen LogP contribution is -2.01. The predicted octanol–water partition coefficient (Wildman–Crippen LogP) is 5.93. The van der Waals surface area contributed by atoms with E-state index in [2.05, 4.69) is 37.3 Å². The Bertz CT molecular complexity index is 669. The highest BCUT2D eigenvalue weighted by Gasteiger charge is 2.19. The fraction of sp³-hybridized carbons (Fsp3) is 0.350. The van der Waals surface area contributed by atoms with Crippen molar-refractivity contribution >= 4 is 11.1 Å². The van der Waals surface area contributed by atoms with Crippen LogP contribution in [-0.4, -0.2) is 4.98 Å². The Morgan fingerprint density at radius 3 is 2.45 bits per heavy atom. The summed E-state index contributed by atoms with van der Waals surface area (Å²) in [4.78, 5) is 4.72. The molecule has 0 radical (unpaired) electrons. The number of para-hydroxylation sites is 2. The van der Waals surface area contributed by atoms with Crippen LogP contribution in [0.4, 0.5) is 0 Å². The fourth-order valence-electron chi connectivity index (χ4n) is 2.93. The lowest BCUT2D eigenvalue weighted by molar-refractivity contribution is 0.470. The highest BCUT2D eigenvalue weighted by atomic mass is 16.3. The molecule has 0 unspecified atom stereocenters. The molecule has 3 aromatic rings. The summed E-state index contributed by atoms with van der Waals surface area (Å²) in [6, 6.07) is 18.6. The Labute approximate surface area is 132 Å². The number of aromatic nitrogens is 1. The zero-order valence-electron chi connectivity index (χ0n) is 13.2. The topological polar surface area (TPSA) is 26.0 Å². The summed E-state index contributed by atoms with van der Waals surface area (Å²) in [5.74, 6) is 1.11. The highest BCUT2D eigenvalue weighted by Crippen LogP contribution is 2.31. The number of rotatable bonds is 7. The maximum Gasteiger partial charge on any atom is 0.203 e. The normalized spacial score (nSPS) is 12.6. The van der Waals surface area contributed by atoms with E-state index < -0.39 is 0 Å². The van der Waals surface area contributed by atoms with Gasteiger partial charge >= 0.3 is 0 Å². The van der Waals surface area contributed by atoms with Crippen molar-refractivity contribution in [3.63, 3.8) is 0 Å². The van der Waals surface area contributed by atoms with Crippen LogP contribution in [0.2, 0.25) is 0 Å². The van der Waals surface area contributed by atoms with Gasteiger partial charge in [-0.2, -0.15) is 0 Å². The maximum atomic E-state index is 6.03. The summed E-state index contributed by atoms with van der Waals surface area (Å²) in [7, 11) is 0. The number of nitrogens with zero attached hydrogens (tertiary/aromatic N) is 1. The largest absolute Gasteiger partial charge is 0.440 e. The number of hydrogen-bond donors (Lipinski definition) is 0. The molecule has 2 aromatic carbocycles. The molecule has 114 valence electrons. The summed E-state index contributed by atoms with van der Waals surface area (Å²) in [6.45, 7) is 2.25. The summed E-state index contributed by atoms with van der Waals surface area (Å²) in [5.41, 5.74) is 3.13. The van der Waals surface area contributed by atoms with Crippen molar-refractivity contribution in [1.82, 2.24) is 4.98 Å². The van der Waals surface area contributed by atoms with Crippen LogP contribution in [-0.2, 0) is 0 Å². The summed E-state index contributed by atoms with van der Waals surface area (Å²) < 4.78 is 6.03. The average molecular weight is 293 g/mol. The van der Waals surface area contributed by atoms with Crippen molar-refractivity contribution in [3.8, 4) is 0 Å². The van der Waals surface area contributed by atoms with E-state index >= 15 is 0 Å². The van der Waals surface area contributed by atoms with Crippen LogP contribution in [0.3, 0.4) is 0 Å². The van der Waals surface area contributed by atoms with Gasteiger partial charge in [0.2, 0.25) is 5.89 Å². The quantitative estimate of drug-likeness (QED) is 0.504. The third-order valence-corrected chi connectivity index (χ3v) is 4.16. The Morgan fingerprint density at radius 2 is 1.68 bits per heavy atom. The Balaban J connectivity index is 1.87. The van der Waals surface area contributed by atoms with Gasteiger partial charge in [0, 0.05) is 0 Å². The molecule has 1 atom stereocenters. The minimum atomic E-state index is 0.255. The van der Waals surface area contributed by atoms with E-state index in [0.29, 0.717) is 0 Å². The van der Waals surface area contributed by atoms with Crippen LogP contribution >= 0.6 is 0 Å². The van der Waals surface area contributed by atoms with Gasteiger partial charge in [-0.25, -0.2) is 4.98 Å². The molecule has 22 heavy (non-hydrogen) atoms.